The van der Waals surface area contributed by atoms with Crippen LogP contribution in [-0.2, 0) is 0 Å². The van der Waals surface area contributed by atoms with Crippen molar-refractivity contribution in [2.75, 3.05) is 12.8 Å². The Morgan fingerprint density at radius 2 is 2.12 bits per heavy atom. The molecule has 0 aliphatic rings. The van der Waals surface area contributed by atoms with Crippen molar-refractivity contribution in [1.29, 1.82) is 0 Å². The van der Waals surface area contributed by atoms with Crippen molar-refractivity contribution in [2.45, 2.75) is 19.8 Å². The van der Waals surface area contributed by atoms with Crippen molar-refractivity contribution in [3.8, 4) is 11.6 Å². The molecule has 0 bridgehead atoms. The van der Waals surface area contributed by atoms with Crippen LogP contribution in [0.25, 0.3) is 5.82 Å². The van der Waals surface area contributed by atoms with Crippen LogP contribution in [0.1, 0.15) is 25.5 Å². The van der Waals surface area contributed by atoms with Crippen LogP contribution in [0.15, 0.2) is 18.6 Å². The van der Waals surface area contributed by atoms with Crippen LogP contribution in [0.2, 0.25) is 0 Å². The number of nitrogens with zero attached hydrogens (tertiary/aromatic N) is 4. The highest BCUT2D eigenvalue weighted by atomic mass is 16.5. The lowest BCUT2D eigenvalue weighted by atomic mass is 10.1. The van der Waals surface area contributed by atoms with Crippen LogP contribution in [0, 0.1) is 0 Å². The first kappa shape index (κ1) is 11.4. The molecule has 0 aromatic carbocycles. The summed E-state index contributed by atoms with van der Waals surface area (Å²) in [5.74, 6) is 1.65. The van der Waals surface area contributed by atoms with Crippen LogP contribution in [0.5, 0.6) is 5.75 Å². The van der Waals surface area contributed by atoms with Gasteiger partial charge in [-0.05, 0) is 12.0 Å². The van der Waals surface area contributed by atoms with E-state index in [0.717, 1.165) is 5.69 Å². The molecule has 0 atom stereocenters. The van der Waals surface area contributed by atoms with E-state index in [-0.39, 0.29) is 0 Å². The summed E-state index contributed by atoms with van der Waals surface area (Å²) in [6, 6.07) is 1.95. The van der Waals surface area contributed by atoms with Gasteiger partial charge in [0, 0.05) is 6.20 Å². The first-order valence-corrected chi connectivity index (χ1v) is 5.34. The Morgan fingerprint density at radius 3 is 2.71 bits per heavy atom. The van der Waals surface area contributed by atoms with Crippen molar-refractivity contribution in [2.24, 2.45) is 0 Å². The molecule has 2 N–H and O–H groups in total. The van der Waals surface area contributed by atoms with E-state index in [9.17, 15) is 0 Å². The lowest BCUT2D eigenvalue weighted by Gasteiger charge is -2.08. The third-order valence-electron chi connectivity index (χ3n) is 2.43. The SMILES string of the molecule is COc1c(N)ncnc1-n1ccc(C(C)C)n1. The number of ether oxygens (including phenoxy) is 1. The molecule has 0 saturated heterocycles. The second-order valence-corrected chi connectivity index (χ2v) is 3.96. The highest BCUT2D eigenvalue weighted by molar-refractivity contribution is 5.54. The molecule has 2 aromatic rings. The highest BCUT2D eigenvalue weighted by Crippen LogP contribution is 2.25. The molecule has 0 saturated carbocycles. The standard InChI is InChI=1S/C11H15N5O/c1-7(2)8-4-5-16(15-8)11-9(17-3)10(12)13-6-14-11/h4-7H,1-3H3,(H2,12,13,14). The number of hydrogen-bond donors (Lipinski definition) is 1. The fraction of sp³-hybridized carbons (Fsp3) is 0.364. The van der Waals surface area contributed by atoms with Gasteiger partial charge in [0.2, 0.25) is 11.6 Å². The third-order valence-corrected chi connectivity index (χ3v) is 2.43. The molecule has 6 nitrogen and oxygen atoms in total. The molecule has 2 aromatic heterocycles. The summed E-state index contributed by atoms with van der Waals surface area (Å²) in [5, 5.41) is 4.42. The normalized spacial score (nSPS) is 10.8. The lowest BCUT2D eigenvalue weighted by Crippen LogP contribution is -2.06. The minimum Gasteiger partial charge on any atom is -0.490 e. The summed E-state index contributed by atoms with van der Waals surface area (Å²) in [6.45, 7) is 4.16. The fourth-order valence-electron chi connectivity index (χ4n) is 1.50. The minimum atomic E-state index is 0.305. The third kappa shape index (κ3) is 2.06. The van der Waals surface area contributed by atoms with Gasteiger partial charge >= 0.3 is 0 Å². The summed E-state index contributed by atoms with van der Waals surface area (Å²) < 4.78 is 6.83. The van der Waals surface area contributed by atoms with Crippen molar-refractivity contribution in [3.63, 3.8) is 0 Å². The molecule has 0 amide bonds. The van der Waals surface area contributed by atoms with Gasteiger partial charge < -0.3 is 10.5 Å². The molecular weight excluding hydrogens is 218 g/mol. The van der Waals surface area contributed by atoms with Gasteiger partial charge in [0.25, 0.3) is 0 Å². The monoisotopic (exact) mass is 233 g/mol. The van der Waals surface area contributed by atoms with Gasteiger partial charge in [-0.3, -0.25) is 0 Å². The van der Waals surface area contributed by atoms with E-state index in [2.05, 4.69) is 28.9 Å². The van der Waals surface area contributed by atoms with E-state index >= 15 is 0 Å². The smallest absolute Gasteiger partial charge is 0.206 e. The van der Waals surface area contributed by atoms with Gasteiger partial charge in [-0.15, -0.1) is 0 Å². The first-order chi connectivity index (χ1) is 8.13. The molecule has 2 rings (SSSR count). The van der Waals surface area contributed by atoms with E-state index in [1.54, 1.807) is 4.68 Å². The summed E-state index contributed by atoms with van der Waals surface area (Å²) >= 11 is 0. The van der Waals surface area contributed by atoms with Crippen LogP contribution < -0.4 is 10.5 Å². The largest absolute Gasteiger partial charge is 0.490 e. The summed E-state index contributed by atoms with van der Waals surface area (Å²) in [6.07, 6.45) is 3.23. The van der Waals surface area contributed by atoms with Crippen LogP contribution in [0.4, 0.5) is 5.82 Å². The maximum absolute atomic E-state index is 5.72. The zero-order chi connectivity index (χ0) is 12.4. The second-order valence-electron chi connectivity index (χ2n) is 3.96. The average Bonchev–Trinajstić information content (AvgIpc) is 2.77. The molecule has 0 fully saturated rings. The van der Waals surface area contributed by atoms with E-state index in [4.69, 9.17) is 10.5 Å². The predicted octanol–water partition coefficient (Wildman–Crippen LogP) is 1.38. The maximum Gasteiger partial charge on any atom is 0.206 e. The summed E-state index contributed by atoms with van der Waals surface area (Å²) in [4.78, 5) is 8.02. The molecule has 0 aliphatic carbocycles. The van der Waals surface area contributed by atoms with Gasteiger partial charge in [-0.1, -0.05) is 13.8 Å². The van der Waals surface area contributed by atoms with Gasteiger partial charge in [0.05, 0.1) is 12.8 Å². The zero-order valence-electron chi connectivity index (χ0n) is 10.1. The molecule has 0 radical (unpaired) electrons. The molecule has 6 heteroatoms. The number of rotatable bonds is 3. The van der Waals surface area contributed by atoms with E-state index in [1.165, 1.54) is 13.4 Å². The Bertz CT molecular complexity index is 520. The molecule has 0 unspecified atom stereocenters. The second kappa shape index (κ2) is 4.40. The Hall–Kier alpha value is -2.11. The lowest BCUT2D eigenvalue weighted by molar-refractivity contribution is 0.409. The van der Waals surface area contributed by atoms with Crippen LogP contribution in [0.3, 0.4) is 0 Å². The Morgan fingerprint density at radius 1 is 1.35 bits per heavy atom. The van der Waals surface area contributed by atoms with Gasteiger partial charge in [-0.2, -0.15) is 5.10 Å². The predicted molar refractivity (Wildman–Crippen MR) is 64.2 cm³/mol. The van der Waals surface area contributed by atoms with Gasteiger partial charge in [0.15, 0.2) is 5.82 Å². The number of nitrogen functional groups attached to an aromatic ring is 1. The minimum absolute atomic E-state index is 0.305. The number of aromatic nitrogens is 4. The molecular formula is C11H15N5O. The maximum atomic E-state index is 5.72. The van der Waals surface area contributed by atoms with E-state index < -0.39 is 0 Å². The zero-order valence-corrected chi connectivity index (χ0v) is 10.1. The number of methoxy groups -OCH3 is 1. The van der Waals surface area contributed by atoms with Gasteiger partial charge in [0.1, 0.15) is 6.33 Å². The fourth-order valence-corrected chi connectivity index (χ4v) is 1.50. The summed E-state index contributed by atoms with van der Waals surface area (Å²) in [7, 11) is 1.53. The quantitative estimate of drug-likeness (QED) is 0.866. The van der Waals surface area contributed by atoms with E-state index in [0.29, 0.717) is 23.3 Å². The van der Waals surface area contributed by atoms with Crippen molar-refractivity contribution in [3.05, 3.63) is 24.3 Å². The van der Waals surface area contributed by atoms with Crippen molar-refractivity contribution >= 4 is 5.82 Å². The van der Waals surface area contributed by atoms with Crippen molar-refractivity contribution < 1.29 is 4.74 Å². The molecule has 2 heterocycles. The molecule has 90 valence electrons. The Kier molecular flexibility index (Phi) is 2.95. The Labute approximate surface area is 99.4 Å². The topological polar surface area (TPSA) is 78.9 Å². The Balaban J connectivity index is 2.48. The number of nitrogens with two attached hydrogens (primary N) is 1. The average molecular weight is 233 g/mol. The molecule has 17 heavy (non-hydrogen) atoms. The van der Waals surface area contributed by atoms with Crippen LogP contribution >= 0.6 is 0 Å². The van der Waals surface area contributed by atoms with Crippen molar-refractivity contribution in [1.82, 2.24) is 19.7 Å². The summed E-state index contributed by atoms with van der Waals surface area (Å²) in [5.41, 5.74) is 6.71. The molecule has 0 aliphatic heterocycles. The highest BCUT2D eigenvalue weighted by Gasteiger charge is 2.13. The first-order valence-electron chi connectivity index (χ1n) is 5.34. The van der Waals surface area contributed by atoms with Crippen LogP contribution in [-0.4, -0.2) is 26.9 Å². The number of hydrogen-bond acceptors (Lipinski definition) is 5. The van der Waals surface area contributed by atoms with E-state index in [1.807, 2.05) is 12.3 Å². The number of anilines is 1. The molecule has 0 spiro atoms. The van der Waals surface area contributed by atoms with Gasteiger partial charge in [-0.25, -0.2) is 14.6 Å².